The minimum absolute atomic E-state index is 0. The average Bonchev–Trinajstić information content (AvgIpc) is 3.50. The summed E-state index contributed by atoms with van der Waals surface area (Å²) in [5.74, 6) is -4.73. The number of halogens is 3. The van der Waals surface area contributed by atoms with Gasteiger partial charge in [0.1, 0.15) is 12.1 Å². The third-order valence-electron chi connectivity index (χ3n) is 6.85. The van der Waals surface area contributed by atoms with E-state index in [4.69, 9.17) is 10.8 Å². The highest BCUT2D eigenvalue weighted by atomic mass is 32.2. The van der Waals surface area contributed by atoms with Gasteiger partial charge in [-0.2, -0.15) is 4.31 Å². The Morgan fingerprint density at radius 2 is 1.76 bits per heavy atom. The molecule has 0 spiro atoms. The maximum atomic E-state index is 13.9. The molecule has 0 radical (unpaired) electrons. The number of benzene rings is 2. The summed E-state index contributed by atoms with van der Waals surface area (Å²) in [5, 5.41) is 7.86. The minimum atomic E-state index is -3.66. The van der Waals surface area contributed by atoms with E-state index in [1.165, 1.54) is 4.31 Å². The molecule has 2 aromatic carbocycles. The van der Waals surface area contributed by atoms with E-state index in [1.807, 2.05) is 6.92 Å². The number of hydrogen-bond donors (Lipinski definition) is 2. The lowest BCUT2D eigenvalue weighted by atomic mass is 10.0. The van der Waals surface area contributed by atoms with E-state index in [2.05, 4.69) is 4.74 Å². The zero-order valence-electron chi connectivity index (χ0n) is 22.1. The molecule has 4 rings (SSSR count). The lowest BCUT2D eigenvalue weighted by Gasteiger charge is -2.26. The van der Waals surface area contributed by atoms with Crippen molar-refractivity contribution in [2.75, 3.05) is 19.6 Å². The van der Waals surface area contributed by atoms with Crippen LogP contribution in [0.3, 0.4) is 0 Å². The van der Waals surface area contributed by atoms with Crippen molar-refractivity contribution in [3.63, 3.8) is 0 Å². The maximum absolute atomic E-state index is 13.9. The molecule has 10 nitrogen and oxygen atoms in total. The van der Waals surface area contributed by atoms with Crippen LogP contribution >= 0.6 is 0 Å². The van der Waals surface area contributed by atoms with E-state index in [1.54, 1.807) is 29.2 Å². The van der Waals surface area contributed by atoms with Gasteiger partial charge in [0.25, 0.3) is 6.47 Å². The predicted molar refractivity (Wildman–Crippen MR) is 147 cm³/mol. The number of carbonyl (C=O) groups excluding carboxylic acids is 2. The van der Waals surface area contributed by atoms with E-state index in [9.17, 15) is 36.0 Å². The number of ether oxygens (including phenoxy) is 1. The van der Waals surface area contributed by atoms with Gasteiger partial charge < -0.3 is 20.5 Å². The fourth-order valence-electron chi connectivity index (χ4n) is 4.83. The first-order valence-corrected chi connectivity index (χ1v) is 14.0. The molecule has 2 fully saturated rings. The smallest absolute Gasteiger partial charge is 0.331 e. The largest absolute Gasteiger partial charge is 0.478 e. The predicted octanol–water partition coefficient (Wildman–Crippen LogP) is 2.99. The molecule has 2 heterocycles. The molecule has 0 saturated carbocycles. The number of rotatable bonds is 9. The fraction of sp³-hybridized carbons (Fsp3) is 0.393. The van der Waals surface area contributed by atoms with E-state index in [-0.39, 0.29) is 61.6 Å². The molecule has 0 unspecified atom stereocenters. The van der Waals surface area contributed by atoms with Crippen LogP contribution in [0.15, 0.2) is 53.6 Å². The molecule has 230 valence electrons. The molecule has 0 bridgehead atoms. The first kappa shape index (κ1) is 34.5. The highest BCUT2D eigenvalue weighted by Gasteiger charge is 2.46. The minimum Gasteiger partial charge on any atom is -0.478 e. The Kier molecular flexibility index (Phi) is 12.3. The highest BCUT2D eigenvalue weighted by molar-refractivity contribution is 7.89. The molecule has 2 aliphatic rings. The van der Waals surface area contributed by atoms with Crippen molar-refractivity contribution in [2.45, 2.75) is 50.6 Å². The highest BCUT2D eigenvalue weighted by Crippen LogP contribution is 2.35. The van der Waals surface area contributed by atoms with Crippen LogP contribution in [0.5, 0.6) is 0 Å². The number of nitrogens with zero attached hydrogens (tertiary/aromatic N) is 2. The van der Waals surface area contributed by atoms with E-state index in [0.717, 1.165) is 17.9 Å². The monoisotopic (exact) mass is 613 g/mol. The summed E-state index contributed by atoms with van der Waals surface area (Å²) in [6, 6.07) is 6.84. The number of aliphatic carboxylic acids is 1. The Bertz CT molecular complexity index is 1400. The van der Waals surface area contributed by atoms with Crippen LogP contribution in [-0.4, -0.2) is 72.8 Å². The van der Waals surface area contributed by atoms with Crippen LogP contribution in [0.4, 0.5) is 13.2 Å². The van der Waals surface area contributed by atoms with Crippen LogP contribution in [-0.2, 0) is 35.6 Å². The van der Waals surface area contributed by atoms with Crippen molar-refractivity contribution in [2.24, 2.45) is 11.7 Å². The van der Waals surface area contributed by atoms with Gasteiger partial charge in [-0.05, 0) is 49.4 Å². The van der Waals surface area contributed by atoms with E-state index in [0.29, 0.717) is 31.7 Å². The van der Waals surface area contributed by atoms with Crippen molar-refractivity contribution < 1.29 is 45.8 Å². The number of fused-ring (bicyclic) bond motifs is 1. The second-order valence-electron chi connectivity index (χ2n) is 9.74. The zero-order valence-corrected chi connectivity index (χ0v) is 22.9. The first-order chi connectivity index (χ1) is 19.3. The molecule has 2 aromatic rings. The molecule has 14 heteroatoms. The summed E-state index contributed by atoms with van der Waals surface area (Å²) in [6.45, 7) is 3.07. The maximum Gasteiger partial charge on any atom is 0.331 e. The summed E-state index contributed by atoms with van der Waals surface area (Å²) < 4.78 is 71.8. The Hall–Kier alpha value is -3.75. The average molecular weight is 614 g/mol. The number of hydrogen-bond acceptors (Lipinski definition) is 7. The standard InChI is InChI=1S/C23H26F3N3O3S.C4H4O4.CH4/c1-14-2-4-18(5-3-14)33(31,32)28-12-15-6-7-29(22(15)13-28)23(30)10-17(27)8-16-9-20(25)21(26)11-19(16)24;5-3-8-2-1-4(6)7;/h2-5,9,11,15,17,22H,6-8,10,12-13,27H2,1H3;1-3H,(H,6,7);1H4/b;2-1+;/t15-,17+,22+;;/m0../s1. The number of nitrogens with two attached hydrogens (primary N) is 1. The Balaban J connectivity index is 0.000000603. The molecular weight excluding hydrogens is 579 g/mol. The van der Waals surface area contributed by atoms with Gasteiger partial charge in [-0.25, -0.2) is 26.4 Å². The number of aryl methyl sites for hydroxylation is 1. The molecule has 2 aliphatic heterocycles. The Morgan fingerprint density at radius 1 is 1.12 bits per heavy atom. The lowest BCUT2D eigenvalue weighted by Crippen LogP contribution is -2.43. The second-order valence-corrected chi connectivity index (χ2v) is 11.7. The normalized spacial score (nSPS) is 18.9. The molecule has 1 amide bonds. The third kappa shape index (κ3) is 8.63. The first-order valence-electron chi connectivity index (χ1n) is 12.6. The zero-order chi connectivity index (χ0) is 30.3. The van der Waals surface area contributed by atoms with Crippen LogP contribution in [0.2, 0.25) is 0 Å². The molecule has 42 heavy (non-hydrogen) atoms. The number of amides is 1. The third-order valence-corrected chi connectivity index (χ3v) is 8.69. The molecule has 3 atom stereocenters. The van der Waals surface area contributed by atoms with Crippen LogP contribution in [0, 0.1) is 30.3 Å². The number of carboxylic acids is 1. The van der Waals surface area contributed by atoms with Crippen molar-refractivity contribution in [1.82, 2.24) is 9.21 Å². The van der Waals surface area contributed by atoms with Gasteiger partial charge in [0, 0.05) is 44.2 Å². The summed E-state index contributed by atoms with van der Waals surface area (Å²) in [6.07, 6.45) is 1.96. The van der Waals surface area contributed by atoms with Gasteiger partial charge in [-0.3, -0.25) is 9.59 Å². The number of likely N-dealkylation sites (tertiary alicyclic amines) is 1. The Labute approximate surface area is 242 Å². The molecule has 0 aliphatic carbocycles. The second kappa shape index (κ2) is 14.9. The van der Waals surface area contributed by atoms with Crippen LogP contribution < -0.4 is 5.73 Å². The van der Waals surface area contributed by atoms with Gasteiger partial charge in [0.15, 0.2) is 11.6 Å². The van der Waals surface area contributed by atoms with Gasteiger partial charge in [-0.1, -0.05) is 25.1 Å². The number of sulfonamides is 1. The van der Waals surface area contributed by atoms with Crippen molar-refractivity contribution in [1.29, 1.82) is 0 Å². The van der Waals surface area contributed by atoms with Gasteiger partial charge in [0.05, 0.1) is 11.0 Å². The van der Waals surface area contributed by atoms with Gasteiger partial charge in [-0.15, -0.1) is 0 Å². The van der Waals surface area contributed by atoms with Crippen LogP contribution in [0.1, 0.15) is 31.4 Å². The van der Waals surface area contributed by atoms with Crippen molar-refractivity contribution >= 4 is 28.4 Å². The van der Waals surface area contributed by atoms with Crippen LogP contribution in [0.25, 0.3) is 0 Å². The SMILES string of the molecule is C.Cc1ccc(S(=O)(=O)N2C[C@@H]3CCN(C(=O)C[C@H](N)Cc4cc(F)c(F)cc4F)[C@@H]3C2)cc1.O=CO/C=C/C(=O)O. The van der Waals surface area contributed by atoms with Crippen molar-refractivity contribution in [3.05, 3.63) is 77.3 Å². The Morgan fingerprint density at radius 3 is 2.38 bits per heavy atom. The molecule has 3 N–H and O–H groups in total. The number of carbonyl (C=O) groups is 3. The summed E-state index contributed by atoms with van der Waals surface area (Å²) in [4.78, 5) is 33.7. The molecule has 0 aromatic heterocycles. The fourth-order valence-corrected chi connectivity index (χ4v) is 6.35. The van der Waals surface area contributed by atoms with Gasteiger partial charge in [0.2, 0.25) is 15.9 Å². The summed E-state index contributed by atoms with van der Waals surface area (Å²) >= 11 is 0. The van der Waals surface area contributed by atoms with E-state index >= 15 is 0 Å². The topological polar surface area (TPSA) is 147 Å². The van der Waals surface area contributed by atoms with E-state index < -0.39 is 39.5 Å². The quantitative estimate of drug-likeness (QED) is 0.190. The van der Waals surface area contributed by atoms with Crippen molar-refractivity contribution in [3.8, 4) is 0 Å². The van der Waals surface area contributed by atoms with Gasteiger partial charge >= 0.3 is 5.97 Å². The molecule has 2 saturated heterocycles. The lowest BCUT2D eigenvalue weighted by molar-refractivity contribution is -0.133. The summed E-state index contributed by atoms with van der Waals surface area (Å²) in [7, 11) is -3.66. The molecular formula is C28H34F3N3O7S. The summed E-state index contributed by atoms with van der Waals surface area (Å²) in [5.41, 5.74) is 6.89. The number of carboxylic acid groups (broad SMARTS) is 1.